The van der Waals surface area contributed by atoms with Crippen molar-refractivity contribution in [1.29, 1.82) is 5.41 Å². The van der Waals surface area contributed by atoms with E-state index >= 15 is 0 Å². The summed E-state index contributed by atoms with van der Waals surface area (Å²) in [5.74, 6) is 0. The summed E-state index contributed by atoms with van der Waals surface area (Å²) in [7, 11) is 3.89. The fourth-order valence-electron chi connectivity index (χ4n) is 3.63. The molecule has 0 radical (unpaired) electrons. The van der Waals surface area contributed by atoms with Gasteiger partial charge >= 0.3 is 0 Å². The van der Waals surface area contributed by atoms with Gasteiger partial charge < -0.3 is 11.1 Å². The van der Waals surface area contributed by atoms with E-state index in [4.69, 9.17) is 11.1 Å². The van der Waals surface area contributed by atoms with Crippen LogP contribution < -0.4 is 5.73 Å². The summed E-state index contributed by atoms with van der Waals surface area (Å²) in [4.78, 5) is 0. The second-order valence-corrected chi connectivity index (χ2v) is 6.76. The fraction of sp³-hybridized carbons (Fsp3) is 0.250. The molecule has 0 fully saturated rings. The first-order chi connectivity index (χ1) is 12.6. The van der Waals surface area contributed by atoms with E-state index in [2.05, 4.69) is 34.5 Å². The molecule has 6 nitrogen and oxygen atoms in total. The van der Waals surface area contributed by atoms with Crippen molar-refractivity contribution in [3.05, 3.63) is 64.7 Å². The van der Waals surface area contributed by atoms with E-state index in [1.54, 1.807) is 0 Å². The standard InChI is InChI=1S/C20H22N6/c1-25-12-16(11-23-25)14-5-3-4-13(8-14)9-18-19-17(24-26(18)2)7-6-15(10-21)20(19)22/h3-5,8,10-12,21H,6-7,9,22H2,1-2H3. The molecule has 2 heterocycles. The first-order valence-electron chi connectivity index (χ1n) is 8.69. The number of aromatic nitrogens is 4. The minimum atomic E-state index is 0.702. The van der Waals surface area contributed by atoms with Crippen molar-refractivity contribution in [3.63, 3.8) is 0 Å². The zero-order valence-corrected chi connectivity index (χ0v) is 15.0. The maximum Gasteiger partial charge on any atom is 0.0724 e. The predicted molar refractivity (Wildman–Crippen MR) is 103 cm³/mol. The van der Waals surface area contributed by atoms with Gasteiger partial charge in [0.2, 0.25) is 0 Å². The van der Waals surface area contributed by atoms with E-state index in [0.717, 1.165) is 52.9 Å². The van der Waals surface area contributed by atoms with Gasteiger partial charge in [0.25, 0.3) is 0 Å². The lowest BCUT2D eigenvalue weighted by molar-refractivity contribution is 0.706. The summed E-state index contributed by atoms with van der Waals surface area (Å²) < 4.78 is 3.74. The zero-order chi connectivity index (χ0) is 18.3. The summed E-state index contributed by atoms with van der Waals surface area (Å²) in [6.07, 6.45) is 7.64. The molecule has 1 aromatic carbocycles. The Bertz CT molecular complexity index is 1020. The number of allylic oxidation sites excluding steroid dienone is 1. The van der Waals surface area contributed by atoms with Gasteiger partial charge in [-0.2, -0.15) is 10.2 Å². The third-order valence-electron chi connectivity index (χ3n) is 5.00. The Morgan fingerprint density at radius 3 is 2.81 bits per heavy atom. The number of nitrogens with two attached hydrogens (primary N) is 1. The largest absolute Gasteiger partial charge is 0.398 e. The molecule has 3 N–H and O–H groups in total. The van der Waals surface area contributed by atoms with E-state index in [1.807, 2.05) is 35.9 Å². The molecule has 2 aromatic heterocycles. The average Bonchev–Trinajstić information content (AvgIpc) is 3.20. The lowest BCUT2D eigenvalue weighted by atomic mass is 9.91. The topological polar surface area (TPSA) is 85.5 Å². The van der Waals surface area contributed by atoms with Gasteiger partial charge in [-0.15, -0.1) is 0 Å². The number of hydrogen-bond donors (Lipinski definition) is 2. The van der Waals surface area contributed by atoms with Gasteiger partial charge in [-0.3, -0.25) is 9.36 Å². The molecular formula is C20H22N6. The predicted octanol–water partition coefficient (Wildman–Crippen LogP) is 2.68. The fourth-order valence-corrected chi connectivity index (χ4v) is 3.63. The SMILES string of the molecule is Cn1cc(-c2cccc(Cc3c4c(nn3C)CCC(C=N)=C4N)c2)cn1. The molecule has 0 saturated heterocycles. The quantitative estimate of drug-likeness (QED) is 0.712. The van der Waals surface area contributed by atoms with Crippen molar-refractivity contribution in [1.82, 2.24) is 19.6 Å². The second kappa shape index (κ2) is 6.29. The lowest BCUT2D eigenvalue weighted by Gasteiger charge is -2.15. The van der Waals surface area contributed by atoms with Crippen LogP contribution in [-0.4, -0.2) is 25.8 Å². The van der Waals surface area contributed by atoms with E-state index in [1.165, 1.54) is 11.8 Å². The third-order valence-corrected chi connectivity index (χ3v) is 5.00. The number of hydrogen-bond acceptors (Lipinski definition) is 4. The number of rotatable bonds is 4. The Balaban J connectivity index is 1.73. The minimum absolute atomic E-state index is 0.702. The second-order valence-electron chi connectivity index (χ2n) is 6.76. The molecule has 0 bridgehead atoms. The molecule has 132 valence electrons. The molecule has 4 rings (SSSR count). The van der Waals surface area contributed by atoms with Gasteiger partial charge in [-0.1, -0.05) is 24.3 Å². The average molecular weight is 346 g/mol. The number of aryl methyl sites for hydroxylation is 3. The number of nitrogens with zero attached hydrogens (tertiary/aromatic N) is 4. The molecule has 1 aliphatic carbocycles. The van der Waals surface area contributed by atoms with Gasteiger partial charge in [-0.05, 0) is 29.5 Å². The molecule has 0 spiro atoms. The molecule has 0 saturated carbocycles. The minimum Gasteiger partial charge on any atom is -0.398 e. The summed E-state index contributed by atoms with van der Waals surface area (Å²) in [6.45, 7) is 0. The van der Waals surface area contributed by atoms with Crippen molar-refractivity contribution in [2.75, 3.05) is 0 Å². The van der Waals surface area contributed by atoms with Crippen LogP contribution >= 0.6 is 0 Å². The molecule has 0 unspecified atom stereocenters. The normalized spacial score (nSPS) is 13.8. The van der Waals surface area contributed by atoms with Crippen molar-refractivity contribution in [2.24, 2.45) is 19.8 Å². The van der Waals surface area contributed by atoms with E-state index in [9.17, 15) is 0 Å². The molecule has 6 heteroatoms. The Morgan fingerprint density at radius 1 is 1.23 bits per heavy atom. The zero-order valence-electron chi connectivity index (χ0n) is 15.0. The molecule has 0 amide bonds. The van der Waals surface area contributed by atoms with Gasteiger partial charge in [0.15, 0.2) is 0 Å². The Kier molecular flexibility index (Phi) is 3.95. The van der Waals surface area contributed by atoms with Crippen LogP contribution in [0.25, 0.3) is 16.8 Å². The van der Waals surface area contributed by atoms with Gasteiger partial charge in [0.1, 0.15) is 0 Å². The summed E-state index contributed by atoms with van der Waals surface area (Å²) >= 11 is 0. The molecule has 1 aliphatic rings. The maximum atomic E-state index is 7.59. The highest BCUT2D eigenvalue weighted by Gasteiger charge is 2.24. The van der Waals surface area contributed by atoms with Crippen LogP contribution in [0.15, 0.2) is 42.2 Å². The Labute approximate surface area is 152 Å². The lowest BCUT2D eigenvalue weighted by Crippen LogP contribution is -2.12. The Morgan fingerprint density at radius 2 is 2.08 bits per heavy atom. The highest BCUT2D eigenvalue weighted by atomic mass is 15.3. The van der Waals surface area contributed by atoms with Crippen LogP contribution in [0.1, 0.15) is 28.9 Å². The van der Waals surface area contributed by atoms with E-state index in [0.29, 0.717) is 5.70 Å². The smallest absolute Gasteiger partial charge is 0.0724 e. The van der Waals surface area contributed by atoms with Crippen molar-refractivity contribution >= 4 is 11.9 Å². The van der Waals surface area contributed by atoms with E-state index < -0.39 is 0 Å². The highest BCUT2D eigenvalue weighted by molar-refractivity contribution is 5.90. The Hall–Kier alpha value is -3.15. The van der Waals surface area contributed by atoms with Crippen LogP contribution in [-0.2, 0) is 26.9 Å². The van der Waals surface area contributed by atoms with Crippen LogP contribution in [0.4, 0.5) is 0 Å². The molecular weight excluding hydrogens is 324 g/mol. The third kappa shape index (κ3) is 2.73. The van der Waals surface area contributed by atoms with Crippen LogP contribution in [0, 0.1) is 5.41 Å². The van der Waals surface area contributed by atoms with Gasteiger partial charge in [-0.25, -0.2) is 0 Å². The molecule has 0 atom stereocenters. The van der Waals surface area contributed by atoms with Crippen LogP contribution in [0.3, 0.4) is 0 Å². The monoisotopic (exact) mass is 346 g/mol. The van der Waals surface area contributed by atoms with Crippen molar-refractivity contribution in [3.8, 4) is 11.1 Å². The maximum absolute atomic E-state index is 7.59. The first-order valence-corrected chi connectivity index (χ1v) is 8.69. The van der Waals surface area contributed by atoms with E-state index in [-0.39, 0.29) is 0 Å². The van der Waals surface area contributed by atoms with Gasteiger partial charge in [0, 0.05) is 49.8 Å². The summed E-state index contributed by atoms with van der Waals surface area (Å²) in [6, 6.07) is 8.49. The van der Waals surface area contributed by atoms with Crippen molar-refractivity contribution < 1.29 is 0 Å². The number of benzene rings is 1. The number of fused-ring (bicyclic) bond motifs is 1. The van der Waals surface area contributed by atoms with Gasteiger partial charge in [0.05, 0.1) is 17.6 Å². The molecule has 0 aliphatic heterocycles. The first kappa shape index (κ1) is 16.3. The van der Waals surface area contributed by atoms with Crippen LogP contribution in [0.2, 0.25) is 0 Å². The van der Waals surface area contributed by atoms with Crippen molar-refractivity contribution in [2.45, 2.75) is 19.3 Å². The summed E-state index contributed by atoms with van der Waals surface area (Å²) in [5.41, 5.74) is 14.6. The molecule has 3 aromatic rings. The van der Waals surface area contributed by atoms with Crippen LogP contribution in [0.5, 0.6) is 0 Å². The summed E-state index contributed by atoms with van der Waals surface area (Å²) in [5, 5.41) is 16.5. The highest BCUT2D eigenvalue weighted by Crippen LogP contribution is 2.31. The number of nitrogens with one attached hydrogen (secondary N) is 1. The molecule has 26 heavy (non-hydrogen) atoms.